The minimum atomic E-state index is -0.176. The van der Waals surface area contributed by atoms with Crippen molar-refractivity contribution in [1.82, 2.24) is 0 Å². The third kappa shape index (κ3) is 6.00. The van der Waals surface area contributed by atoms with Crippen LogP contribution in [0.3, 0.4) is 0 Å². The van der Waals surface area contributed by atoms with E-state index in [-0.39, 0.29) is 5.91 Å². The second kappa shape index (κ2) is 10.7. The summed E-state index contributed by atoms with van der Waals surface area (Å²) < 4.78 is 16.1. The molecule has 0 heterocycles. The molecule has 0 aliphatic rings. The van der Waals surface area contributed by atoms with E-state index in [4.69, 9.17) is 14.2 Å². The first-order valence-electron chi connectivity index (χ1n) is 9.75. The Hall–Kier alpha value is -3.99. The van der Waals surface area contributed by atoms with Crippen molar-refractivity contribution in [2.45, 2.75) is 0 Å². The van der Waals surface area contributed by atoms with Crippen LogP contribution in [0.25, 0.3) is 18.2 Å². The van der Waals surface area contributed by atoms with Gasteiger partial charge < -0.3 is 19.5 Å². The molecule has 3 aromatic rings. The number of hydrogen-bond donors (Lipinski definition) is 1. The van der Waals surface area contributed by atoms with Crippen molar-refractivity contribution in [3.63, 3.8) is 0 Å². The van der Waals surface area contributed by atoms with Gasteiger partial charge in [0.05, 0.1) is 21.3 Å². The van der Waals surface area contributed by atoms with Crippen molar-refractivity contribution in [2.75, 3.05) is 26.6 Å². The number of nitrogens with one attached hydrogen (secondary N) is 1. The van der Waals surface area contributed by atoms with Gasteiger partial charge in [0.2, 0.25) is 11.7 Å². The van der Waals surface area contributed by atoms with Crippen molar-refractivity contribution < 1.29 is 19.0 Å². The zero-order valence-electron chi connectivity index (χ0n) is 17.8. The lowest BCUT2D eigenvalue weighted by molar-refractivity contribution is -0.111. The predicted octanol–water partition coefficient (Wildman–Crippen LogP) is 5.53. The summed E-state index contributed by atoms with van der Waals surface area (Å²) in [6.45, 7) is 0. The van der Waals surface area contributed by atoms with Gasteiger partial charge in [0.1, 0.15) is 0 Å². The lowest BCUT2D eigenvalue weighted by atomic mass is 10.1. The minimum Gasteiger partial charge on any atom is -0.493 e. The SMILES string of the molecule is COc1cc(/C=C/c2ccc(NC(=O)/C=C/c3ccccc3)cc2)cc(OC)c1OC. The maximum absolute atomic E-state index is 12.1. The fourth-order valence-electron chi connectivity index (χ4n) is 2.99. The lowest BCUT2D eigenvalue weighted by Crippen LogP contribution is -2.07. The van der Waals surface area contributed by atoms with Crippen LogP contribution in [-0.4, -0.2) is 27.2 Å². The van der Waals surface area contributed by atoms with Crippen molar-refractivity contribution in [1.29, 1.82) is 0 Å². The second-order valence-corrected chi connectivity index (χ2v) is 6.65. The van der Waals surface area contributed by atoms with E-state index in [0.29, 0.717) is 17.2 Å². The molecule has 158 valence electrons. The van der Waals surface area contributed by atoms with E-state index in [1.807, 2.05) is 78.9 Å². The first-order chi connectivity index (χ1) is 15.1. The van der Waals surface area contributed by atoms with Gasteiger partial charge in [-0.05, 0) is 47.0 Å². The first kappa shape index (κ1) is 21.7. The van der Waals surface area contributed by atoms with Crippen molar-refractivity contribution in [2.24, 2.45) is 0 Å². The summed E-state index contributed by atoms with van der Waals surface area (Å²) >= 11 is 0. The van der Waals surface area contributed by atoms with Crippen LogP contribution >= 0.6 is 0 Å². The summed E-state index contributed by atoms with van der Waals surface area (Å²) in [5.74, 6) is 1.58. The summed E-state index contributed by atoms with van der Waals surface area (Å²) in [6, 6.07) is 21.1. The number of rotatable bonds is 8. The molecule has 0 aromatic heterocycles. The van der Waals surface area contributed by atoms with Gasteiger partial charge in [0.25, 0.3) is 0 Å². The van der Waals surface area contributed by atoms with Crippen LogP contribution in [0.2, 0.25) is 0 Å². The Morgan fingerprint density at radius 2 is 1.29 bits per heavy atom. The van der Waals surface area contributed by atoms with Crippen LogP contribution in [-0.2, 0) is 4.79 Å². The fourth-order valence-corrected chi connectivity index (χ4v) is 2.99. The van der Waals surface area contributed by atoms with Gasteiger partial charge in [-0.25, -0.2) is 0 Å². The summed E-state index contributed by atoms with van der Waals surface area (Å²) in [7, 11) is 4.76. The summed E-state index contributed by atoms with van der Waals surface area (Å²) in [5, 5.41) is 2.86. The van der Waals surface area contributed by atoms with Crippen LogP contribution in [0.5, 0.6) is 17.2 Å². The molecule has 3 aromatic carbocycles. The molecule has 1 N–H and O–H groups in total. The number of ether oxygens (including phenoxy) is 3. The fraction of sp³-hybridized carbons (Fsp3) is 0.115. The molecule has 0 saturated heterocycles. The minimum absolute atomic E-state index is 0.176. The van der Waals surface area contributed by atoms with E-state index in [1.54, 1.807) is 27.4 Å². The maximum Gasteiger partial charge on any atom is 0.248 e. The first-order valence-corrected chi connectivity index (χ1v) is 9.75. The van der Waals surface area contributed by atoms with E-state index in [0.717, 1.165) is 22.4 Å². The Morgan fingerprint density at radius 3 is 1.87 bits per heavy atom. The van der Waals surface area contributed by atoms with Gasteiger partial charge in [0, 0.05) is 11.8 Å². The Kier molecular flexibility index (Phi) is 7.49. The molecule has 0 unspecified atom stereocenters. The smallest absolute Gasteiger partial charge is 0.248 e. The number of carbonyl (C=O) groups excluding carboxylic acids is 1. The molecule has 0 radical (unpaired) electrons. The van der Waals surface area contributed by atoms with Gasteiger partial charge in [-0.2, -0.15) is 0 Å². The number of anilines is 1. The lowest BCUT2D eigenvalue weighted by Gasteiger charge is -2.12. The van der Waals surface area contributed by atoms with Gasteiger partial charge >= 0.3 is 0 Å². The zero-order chi connectivity index (χ0) is 22.1. The Labute approximate surface area is 182 Å². The van der Waals surface area contributed by atoms with E-state index in [2.05, 4.69) is 5.32 Å². The van der Waals surface area contributed by atoms with Crippen molar-refractivity contribution in [3.05, 3.63) is 89.5 Å². The third-order valence-corrected chi connectivity index (χ3v) is 4.56. The largest absolute Gasteiger partial charge is 0.493 e. The topological polar surface area (TPSA) is 56.8 Å². The highest BCUT2D eigenvalue weighted by molar-refractivity contribution is 6.02. The van der Waals surface area contributed by atoms with E-state index >= 15 is 0 Å². The molecule has 0 bridgehead atoms. The molecule has 31 heavy (non-hydrogen) atoms. The van der Waals surface area contributed by atoms with Crippen LogP contribution < -0.4 is 19.5 Å². The quantitative estimate of drug-likeness (QED) is 0.388. The van der Waals surface area contributed by atoms with Crippen LogP contribution in [0.15, 0.2) is 72.8 Å². The molecule has 0 atom stereocenters. The average Bonchev–Trinajstić information content (AvgIpc) is 2.82. The predicted molar refractivity (Wildman–Crippen MR) is 126 cm³/mol. The number of amides is 1. The Morgan fingerprint density at radius 1 is 0.710 bits per heavy atom. The maximum atomic E-state index is 12.1. The Balaban J connectivity index is 1.66. The molecule has 0 spiro atoms. The summed E-state index contributed by atoms with van der Waals surface area (Å²) in [4.78, 5) is 12.1. The van der Waals surface area contributed by atoms with Crippen LogP contribution in [0.1, 0.15) is 16.7 Å². The van der Waals surface area contributed by atoms with Gasteiger partial charge in [0.15, 0.2) is 11.5 Å². The highest BCUT2D eigenvalue weighted by Gasteiger charge is 2.11. The van der Waals surface area contributed by atoms with Crippen molar-refractivity contribution in [3.8, 4) is 17.2 Å². The molecule has 0 fully saturated rings. The molecule has 5 nitrogen and oxygen atoms in total. The summed E-state index contributed by atoms with van der Waals surface area (Å²) in [6.07, 6.45) is 7.24. The highest BCUT2D eigenvalue weighted by Crippen LogP contribution is 2.38. The highest BCUT2D eigenvalue weighted by atomic mass is 16.5. The molecular formula is C26H25NO4. The Bertz CT molecular complexity index is 1050. The number of hydrogen-bond acceptors (Lipinski definition) is 4. The molecule has 0 aliphatic carbocycles. The molecular weight excluding hydrogens is 390 g/mol. The standard InChI is InChI=1S/C26H25NO4/c1-29-23-17-21(18-24(30-2)26(23)31-3)10-9-20-11-14-22(15-12-20)27-25(28)16-13-19-7-5-4-6-8-19/h4-18H,1-3H3,(H,27,28)/b10-9+,16-13+. The van der Waals surface area contributed by atoms with Crippen molar-refractivity contribution >= 4 is 29.8 Å². The molecule has 5 heteroatoms. The van der Waals surface area contributed by atoms with Gasteiger partial charge in [-0.1, -0.05) is 54.6 Å². The van der Waals surface area contributed by atoms with Crippen LogP contribution in [0, 0.1) is 0 Å². The summed E-state index contributed by atoms with van der Waals surface area (Å²) in [5.41, 5.74) is 3.61. The van der Waals surface area contributed by atoms with Gasteiger partial charge in [-0.15, -0.1) is 0 Å². The average molecular weight is 415 g/mol. The van der Waals surface area contributed by atoms with E-state index in [9.17, 15) is 4.79 Å². The van der Waals surface area contributed by atoms with E-state index < -0.39 is 0 Å². The molecule has 0 saturated carbocycles. The normalized spacial score (nSPS) is 10.9. The molecule has 0 aliphatic heterocycles. The van der Waals surface area contributed by atoms with E-state index in [1.165, 1.54) is 6.08 Å². The number of methoxy groups -OCH3 is 3. The van der Waals surface area contributed by atoms with Crippen LogP contribution in [0.4, 0.5) is 5.69 Å². The molecule has 3 rings (SSSR count). The monoisotopic (exact) mass is 415 g/mol. The number of carbonyl (C=O) groups is 1. The number of benzene rings is 3. The third-order valence-electron chi connectivity index (χ3n) is 4.56. The molecule has 1 amide bonds. The van der Waals surface area contributed by atoms with Gasteiger partial charge in [-0.3, -0.25) is 4.79 Å². The zero-order valence-corrected chi connectivity index (χ0v) is 17.8. The second-order valence-electron chi connectivity index (χ2n) is 6.65.